The van der Waals surface area contributed by atoms with Crippen LogP contribution < -0.4 is 19.5 Å². The largest absolute Gasteiger partial charge is 0.493 e. The first kappa shape index (κ1) is 17.1. The molecule has 1 N–H and O–H groups in total. The highest BCUT2D eigenvalue weighted by Gasteiger charge is 2.08. The van der Waals surface area contributed by atoms with Crippen molar-refractivity contribution in [3.05, 3.63) is 54.4 Å². The number of amides is 1. The predicted octanol–water partition coefficient (Wildman–Crippen LogP) is 1.06. The van der Waals surface area contributed by atoms with Gasteiger partial charge in [0.15, 0.2) is 23.9 Å². The van der Waals surface area contributed by atoms with Crippen molar-refractivity contribution in [2.45, 2.75) is 13.5 Å². The molecular weight excluding hydrogens is 310 g/mol. The number of nitrogens with zero attached hydrogens (tertiary/aromatic N) is 2. The Morgan fingerprint density at radius 1 is 1.21 bits per heavy atom. The fourth-order valence-corrected chi connectivity index (χ4v) is 1.92. The predicted molar refractivity (Wildman–Crippen MR) is 86.7 cm³/mol. The molecule has 0 spiro atoms. The molecule has 2 aromatic rings. The quantitative estimate of drug-likeness (QED) is 0.283. The van der Waals surface area contributed by atoms with Gasteiger partial charge in [-0.1, -0.05) is 6.07 Å². The minimum absolute atomic E-state index is 0.174. The van der Waals surface area contributed by atoms with E-state index in [1.165, 1.54) is 20.2 Å². The van der Waals surface area contributed by atoms with E-state index >= 15 is 0 Å². The Hall–Kier alpha value is -3.22. The van der Waals surface area contributed by atoms with Gasteiger partial charge < -0.3 is 9.47 Å². The summed E-state index contributed by atoms with van der Waals surface area (Å²) in [5, 5.41) is 3.90. The number of benzene rings is 1. The zero-order chi connectivity index (χ0) is 17.4. The summed E-state index contributed by atoms with van der Waals surface area (Å²) in [4.78, 5) is 22.8. The Morgan fingerprint density at radius 2 is 1.96 bits per heavy atom. The summed E-state index contributed by atoms with van der Waals surface area (Å²) in [6.07, 6.45) is 5.07. The van der Waals surface area contributed by atoms with Crippen LogP contribution in [-0.2, 0) is 16.1 Å². The summed E-state index contributed by atoms with van der Waals surface area (Å²) in [6.45, 7) is 1.49. The Bertz CT molecular complexity index is 745. The molecule has 0 aliphatic rings. The molecule has 124 valence electrons. The summed E-state index contributed by atoms with van der Waals surface area (Å²) in [5.41, 5.74) is 3.14. The number of nitrogens with one attached hydrogen (secondary N) is 1. The minimum Gasteiger partial charge on any atom is -0.493 e. The Morgan fingerprint density at radius 3 is 2.62 bits per heavy atom. The van der Waals surface area contributed by atoms with Crippen LogP contribution in [0.5, 0.6) is 11.5 Å². The van der Waals surface area contributed by atoms with Crippen LogP contribution in [0.3, 0.4) is 0 Å². The lowest BCUT2D eigenvalue weighted by Gasteiger charge is -2.08. The maximum atomic E-state index is 11.8. The first-order chi connectivity index (χ1) is 11.6. The van der Waals surface area contributed by atoms with Crippen molar-refractivity contribution < 1.29 is 23.6 Å². The number of esters is 1. The number of rotatable bonds is 6. The summed E-state index contributed by atoms with van der Waals surface area (Å²) in [6, 6.07) is 10.5. The van der Waals surface area contributed by atoms with Gasteiger partial charge in [-0.3, -0.25) is 9.59 Å². The SMILES string of the molecule is COc1cc(C=NNC(=O)C[n+]2ccccc2)ccc1OC(C)=O. The number of methoxy groups -OCH3 is 1. The third kappa shape index (κ3) is 5.20. The van der Waals surface area contributed by atoms with Gasteiger partial charge in [0.25, 0.3) is 0 Å². The van der Waals surface area contributed by atoms with Gasteiger partial charge in [0.05, 0.1) is 13.3 Å². The van der Waals surface area contributed by atoms with Crippen LogP contribution in [0.4, 0.5) is 0 Å². The van der Waals surface area contributed by atoms with E-state index in [0.717, 1.165) is 0 Å². The van der Waals surface area contributed by atoms with Crippen LogP contribution in [0, 0.1) is 0 Å². The molecule has 24 heavy (non-hydrogen) atoms. The van der Waals surface area contributed by atoms with E-state index in [4.69, 9.17) is 9.47 Å². The summed E-state index contributed by atoms with van der Waals surface area (Å²) < 4.78 is 11.9. The van der Waals surface area contributed by atoms with Crippen LogP contribution >= 0.6 is 0 Å². The maximum Gasteiger partial charge on any atom is 0.308 e. The number of ether oxygens (including phenoxy) is 2. The normalized spacial score (nSPS) is 10.4. The van der Waals surface area contributed by atoms with Gasteiger partial charge in [-0.2, -0.15) is 9.67 Å². The van der Waals surface area contributed by atoms with Gasteiger partial charge in [-0.15, -0.1) is 0 Å². The highest BCUT2D eigenvalue weighted by atomic mass is 16.6. The maximum absolute atomic E-state index is 11.8. The first-order valence-electron chi connectivity index (χ1n) is 7.21. The number of carbonyl (C=O) groups is 2. The van der Waals surface area contributed by atoms with Crippen LogP contribution in [0.1, 0.15) is 12.5 Å². The van der Waals surface area contributed by atoms with Gasteiger partial charge in [0.2, 0.25) is 6.54 Å². The molecule has 1 aromatic carbocycles. The van der Waals surface area contributed by atoms with Crippen molar-refractivity contribution in [2.24, 2.45) is 5.10 Å². The molecule has 2 rings (SSSR count). The van der Waals surface area contributed by atoms with Crippen LogP contribution in [-0.4, -0.2) is 25.2 Å². The summed E-state index contributed by atoms with van der Waals surface area (Å²) >= 11 is 0. The molecule has 0 radical (unpaired) electrons. The van der Waals surface area contributed by atoms with Gasteiger partial charge >= 0.3 is 11.9 Å². The standard InChI is InChI=1S/C17H17N3O4/c1-13(21)24-15-7-6-14(10-16(15)23-2)11-18-19-17(22)12-20-8-4-3-5-9-20/h3-11H,12H2,1-2H3/p+1. The number of carbonyl (C=O) groups excluding carboxylic acids is 2. The van der Waals surface area contributed by atoms with E-state index < -0.39 is 5.97 Å². The summed E-state index contributed by atoms with van der Waals surface area (Å²) in [5.74, 6) is 0.0540. The van der Waals surface area contributed by atoms with Gasteiger partial charge in [-0.05, 0) is 23.8 Å². The topological polar surface area (TPSA) is 80.9 Å². The van der Waals surface area contributed by atoms with Gasteiger partial charge in [0.1, 0.15) is 0 Å². The Kier molecular flexibility index (Phi) is 6.01. The molecule has 0 atom stereocenters. The molecule has 1 heterocycles. The molecule has 7 nitrogen and oxygen atoms in total. The molecule has 0 unspecified atom stereocenters. The van der Waals surface area contributed by atoms with Crippen molar-refractivity contribution in [3.63, 3.8) is 0 Å². The molecule has 0 saturated heterocycles. The van der Waals surface area contributed by atoms with Gasteiger partial charge in [-0.25, -0.2) is 5.43 Å². The van der Waals surface area contributed by atoms with Crippen molar-refractivity contribution in [1.82, 2.24) is 5.43 Å². The van der Waals surface area contributed by atoms with E-state index in [9.17, 15) is 9.59 Å². The Labute approximate surface area is 139 Å². The first-order valence-corrected chi connectivity index (χ1v) is 7.21. The zero-order valence-electron chi connectivity index (χ0n) is 13.4. The van der Waals surface area contributed by atoms with Crippen LogP contribution in [0.25, 0.3) is 0 Å². The molecule has 0 bridgehead atoms. The third-order valence-corrected chi connectivity index (χ3v) is 2.95. The highest BCUT2D eigenvalue weighted by molar-refractivity contribution is 5.83. The number of pyridine rings is 1. The second-order valence-electron chi connectivity index (χ2n) is 4.84. The van der Waals surface area contributed by atoms with Gasteiger partial charge in [0, 0.05) is 19.1 Å². The molecule has 0 aliphatic carbocycles. The monoisotopic (exact) mass is 328 g/mol. The van der Waals surface area contributed by atoms with Crippen molar-refractivity contribution in [1.29, 1.82) is 0 Å². The fraction of sp³-hybridized carbons (Fsp3) is 0.176. The van der Waals surface area contributed by atoms with Crippen molar-refractivity contribution >= 4 is 18.1 Å². The smallest absolute Gasteiger partial charge is 0.308 e. The van der Waals surface area contributed by atoms with E-state index in [1.54, 1.807) is 35.2 Å². The molecule has 7 heteroatoms. The molecule has 0 aliphatic heterocycles. The van der Waals surface area contributed by atoms with E-state index in [1.807, 2.05) is 18.2 Å². The average Bonchev–Trinajstić information content (AvgIpc) is 2.56. The zero-order valence-corrected chi connectivity index (χ0v) is 13.4. The molecule has 1 aromatic heterocycles. The number of hydrazone groups is 1. The second kappa shape index (κ2) is 8.42. The lowest BCUT2D eigenvalue weighted by Crippen LogP contribution is -2.40. The fourth-order valence-electron chi connectivity index (χ4n) is 1.92. The van der Waals surface area contributed by atoms with E-state index in [0.29, 0.717) is 17.1 Å². The third-order valence-electron chi connectivity index (χ3n) is 2.95. The lowest BCUT2D eigenvalue weighted by molar-refractivity contribution is -0.684. The van der Waals surface area contributed by atoms with Crippen LogP contribution in [0.2, 0.25) is 0 Å². The number of hydrogen-bond acceptors (Lipinski definition) is 5. The molecule has 1 amide bonds. The van der Waals surface area contributed by atoms with Crippen molar-refractivity contribution in [3.8, 4) is 11.5 Å². The second-order valence-corrected chi connectivity index (χ2v) is 4.84. The average molecular weight is 328 g/mol. The number of aromatic nitrogens is 1. The summed E-state index contributed by atoms with van der Waals surface area (Å²) in [7, 11) is 1.47. The van der Waals surface area contributed by atoms with Crippen molar-refractivity contribution in [2.75, 3.05) is 7.11 Å². The lowest BCUT2D eigenvalue weighted by atomic mass is 10.2. The Balaban J connectivity index is 1.96. The van der Waals surface area contributed by atoms with E-state index in [2.05, 4.69) is 10.5 Å². The van der Waals surface area contributed by atoms with E-state index in [-0.39, 0.29) is 12.5 Å². The van der Waals surface area contributed by atoms with Crippen LogP contribution in [0.15, 0.2) is 53.9 Å². The highest BCUT2D eigenvalue weighted by Crippen LogP contribution is 2.27. The minimum atomic E-state index is -0.430. The molecule has 0 fully saturated rings. The molecule has 0 saturated carbocycles. The molecular formula is C17H18N3O4+. The number of hydrogen-bond donors (Lipinski definition) is 1.